The second kappa shape index (κ2) is 5.56. The second-order valence-electron chi connectivity index (χ2n) is 4.93. The fourth-order valence-electron chi connectivity index (χ4n) is 2.37. The lowest BCUT2D eigenvalue weighted by atomic mass is 10.1. The van der Waals surface area contributed by atoms with Crippen LogP contribution in [0.15, 0.2) is 24.3 Å². The van der Waals surface area contributed by atoms with Gasteiger partial charge in [0.2, 0.25) is 10.0 Å². The zero-order chi connectivity index (χ0) is 14.0. The molecule has 0 aromatic heterocycles. The van der Waals surface area contributed by atoms with Crippen LogP contribution in [0.25, 0.3) is 0 Å². The lowest BCUT2D eigenvalue weighted by molar-refractivity contribution is 0.146. The largest absolute Gasteiger partial charge is 0.294 e. The van der Waals surface area contributed by atoms with E-state index in [4.69, 9.17) is 0 Å². The van der Waals surface area contributed by atoms with Gasteiger partial charge in [-0.2, -0.15) is 4.31 Å². The summed E-state index contributed by atoms with van der Waals surface area (Å²) >= 11 is 0. The van der Waals surface area contributed by atoms with Gasteiger partial charge in [-0.25, -0.2) is 12.8 Å². The molecule has 1 fully saturated rings. The molecule has 106 valence electrons. The van der Waals surface area contributed by atoms with Crippen molar-refractivity contribution in [1.82, 2.24) is 9.21 Å². The van der Waals surface area contributed by atoms with Crippen molar-refractivity contribution in [3.8, 4) is 0 Å². The van der Waals surface area contributed by atoms with E-state index >= 15 is 0 Å². The summed E-state index contributed by atoms with van der Waals surface area (Å²) in [6.07, 6.45) is 1.24. The minimum atomic E-state index is -3.09. The smallest absolute Gasteiger partial charge is 0.211 e. The molecule has 1 aromatic carbocycles. The fourth-order valence-corrected chi connectivity index (χ4v) is 3.20. The van der Waals surface area contributed by atoms with E-state index in [2.05, 4.69) is 11.8 Å². The molecule has 0 radical (unpaired) electrons. The Labute approximate surface area is 113 Å². The predicted molar refractivity (Wildman–Crippen MR) is 72.8 cm³/mol. The lowest BCUT2D eigenvalue weighted by Crippen LogP contribution is -2.48. The third kappa shape index (κ3) is 3.52. The van der Waals surface area contributed by atoms with Crippen LogP contribution < -0.4 is 0 Å². The summed E-state index contributed by atoms with van der Waals surface area (Å²) in [4.78, 5) is 2.22. The fraction of sp³-hybridized carbons (Fsp3) is 0.538. The maximum absolute atomic E-state index is 12.9. The SMILES string of the molecule is C[C@H](c1ccc(F)cc1)N1CCN(S(C)(=O)=O)CC1. The molecule has 0 bridgehead atoms. The predicted octanol–water partition coefficient (Wildman–Crippen LogP) is 1.46. The molecule has 1 aliphatic heterocycles. The Morgan fingerprint density at radius 3 is 2.11 bits per heavy atom. The van der Waals surface area contributed by atoms with Gasteiger partial charge >= 0.3 is 0 Å². The Hall–Kier alpha value is -0.980. The van der Waals surface area contributed by atoms with Gasteiger partial charge in [0.05, 0.1) is 6.26 Å². The van der Waals surface area contributed by atoms with Crippen molar-refractivity contribution >= 4 is 10.0 Å². The van der Waals surface area contributed by atoms with Gasteiger partial charge in [-0.1, -0.05) is 12.1 Å². The molecule has 1 aliphatic rings. The van der Waals surface area contributed by atoms with E-state index in [-0.39, 0.29) is 11.9 Å². The van der Waals surface area contributed by atoms with Gasteiger partial charge in [-0.3, -0.25) is 4.90 Å². The van der Waals surface area contributed by atoms with Crippen LogP contribution in [0.2, 0.25) is 0 Å². The molecule has 0 aliphatic carbocycles. The molecule has 0 saturated carbocycles. The Morgan fingerprint density at radius 2 is 1.63 bits per heavy atom. The van der Waals surface area contributed by atoms with Crippen molar-refractivity contribution in [2.24, 2.45) is 0 Å². The van der Waals surface area contributed by atoms with Crippen molar-refractivity contribution in [2.75, 3.05) is 32.4 Å². The molecule has 19 heavy (non-hydrogen) atoms. The number of hydrogen-bond acceptors (Lipinski definition) is 3. The summed E-state index contributed by atoms with van der Waals surface area (Å²) in [5.41, 5.74) is 1.05. The van der Waals surface area contributed by atoms with Gasteiger partial charge in [0.1, 0.15) is 5.82 Å². The highest BCUT2D eigenvalue weighted by Crippen LogP contribution is 2.22. The molecule has 0 amide bonds. The highest BCUT2D eigenvalue weighted by molar-refractivity contribution is 7.88. The van der Waals surface area contributed by atoms with E-state index in [1.54, 1.807) is 12.1 Å². The number of hydrogen-bond donors (Lipinski definition) is 0. The van der Waals surface area contributed by atoms with Crippen LogP contribution in [0.5, 0.6) is 0 Å². The number of piperazine rings is 1. The molecule has 4 nitrogen and oxygen atoms in total. The van der Waals surface area contributed by atoms with Crippen molar-refractivity contribution in [1.29, 1.82) is 0 Å². The molecule has 0 unspecified atom stereocenters. The van der Waals surface area contributed by atoms with Gasteiger partial charge in [0.25, 0.3) is 0 Å². The summed E-state index contributed by atoms with van der Waals surface area (Å²) in [5.74, 6) is -0.238. The van der Waals surface area contributed by atoms with Crippen LogP contribution in [-0.4, -0.2) is 50.1 Å². The first-order valence-corrected chi connectivity index (χ1v) is 8.17. The summed E-state index contributed by atoms with van der Waals surface area (Å²) in [6, 6.07) is 6.64. The van der Waals surface area contributed by atoms with E-state index in [0.29, 0.717) is 26.2 Å². The van der Waals surface area contributed by atoms with Gasteiger partial charge in [0, 0.05) is 32.2 Å². The van der Waals surface area contributed by atoms with Gasteiger partial charge in [0.15, 0.2) is 0 Å². The third-order valence-corrected chi connectivity index (χ3v) is 4.95. The van der Waals surface area contributed by atoms with Gasteiger partial charge in [-0.15, -0.1) is 0 Å². The van der Waals surface area contributed by atoms with E-state index in [9.17, 15) is 12.8 Å². The van der Waals surface area contributed by atoms with Crippen LogP contribution in [0, 0.1) is 5.82 Å². The molecular formula is C13H19FN2O2S. The quantitative estimate of drug-likeness (QED) is 0.845. The second-order valence-corrected chi connectivity index (χ2v) is 6.91. The third-order valence-electron chi connectivity index (χ3n) is 3.64. The highest BCUT2D eigenvalue weighted by Gasteiger charge is 2.26. The highest BCUT2D eigenvalue weighted by atomic mass is 32.2. The van der Waals surface area contributed by atoms with E-state index < -0.39 is 10.0 Å². The molecular weight excluding hydrogens is 267 g/mol. The van der Waals surface area contributed by atoms with E-state index in [1.807, 2.05) is 0 Å². The average Bonchev–Trinajstić information content (AvgIpc) is 2.38. The Morgan fingerprint density at radius 1 is 1.11 bits per heavy atom. The summed E-state index contributed by atoms with van der Waals surface area (Å²) in [5, 5.41) is 0. The van der Waals surface area contributed by atoms with Crippen molar-refractivity contribution in [3.05, 3.63) is 35.6 Å². The van der Waals surface area contributed by atoms with Crippen LogP contribution in [0.3, 0.4) is 0 Å². The molecule has 0 N–H and O–H groups in total. The molecule has 1 aromatic rings. The first-order chi connectivity index (χ1) is 8.88. The molecule has 1 heterocycles. The Balaban J connectivity index is 1.99. The minimum Gasteiger partial charge on any atom is -0.294 e. The van der Waals surface area contributed by atoms with E-state index in [0.717, 1.165) is 5.56 Å². The molecule has 6 heteroatoms. The monoisotopic (exact) mass is 286 g/mol. The molecule has 1 saturated heterocycles. The van der Waals surface area contributed by atoms with Crippen LogP contribution in [0.1, 0.15) is 18.5 Å². The topological polar surface area (TPSA) is 40.6 Å². The molecule has 0 spiro atoms. The van der Waals surface area contributed by atoms with Crippen LogP contribution >= 0.6 is 0 Å². The number of nitrogens with zero attached hydrogens (tertiary/aromatic N) is 2. The molecule has 2 rings (SSSR count). The number of benzene rings is 1. The maximum Gasteiger partial charge on any atom is 0.211 e. The van der Waals surface area contributed by atoms with Crippen LogP contribution in [-0.2, 0) is 10.0 Å². The summed E-state index contributed by atoms with van der Waals surface area (Å²) in [7, 11) is -3.09. The summed E-state index contributed by atoms with van der Waals surface area (Å²) < 4.78 is 37.3. The first kappa shape index (κ1) is 14.4. The zero-order valence-electron chi connectivity index (χ0n) is 11.2. The van der Waals surface area contributed by atoms with Gasteiger partial charge in [-0.05, 0) is 24.6 Å². The molecule has 1 atom stereocenters. The number of rotatable bonds is 3. The Kier molecular flexibility index (Phi) is 4.23. The normalized spacial score (nSPS) is 20.4. The summed E-state index contributed by atoms with van der Waals surface area (Å²) in [6.45, 7) is 4.50. The van der Waals surface area contributed by atoms with Crippen molar-refractivity contribution in [3.63, 3.8) is 0 Å². The van der Waals surface area contributed by atoms with Crippen molar-refractivity contribution in [2.45, 2.75) is 13.0 Å². The van der Waals surface area contributed by atoms with E-state index in [1.165, 1.54) is 22.7 Å². The standard InChI is InChI=1S/C13H19FN2O2S/c1-11(12-3-5-13(14)6-4-12)15-7-9-16(10-8-15)19(2,17)18/h3-6,11H,7-10H2,1-2H3/t11-/m1/s1. The average molecular weight is 286 g/mol. The number of sulfonamides is 1. The zero-order valence-corrected chi connectivity index (χ0v) is 12.0. The maximum atomic E-state index is 12.9. The van der Waals surface area contributed by atoms with Crippen LogP contribution in [0.4, 0.5) is 4.39 Å². The lowest BCUT2D eigenvalue weighted by Gasteiger charge is -2.37. The number of halogens is 1. The Bertz CT molecular complexity index is 522. The van der Waals surface area contributed by atoms with Gasteiger partial charge < -0.3 is 0 Å². The minimum absolute atomic E-state index is 0.169. The van der Waals surface area contributed by atoms with Crippen molar-refractivity contribution < 1.29 is 12.8 Å². The first-order valence-electron chi connectivity index (χ1n) is 6.32.